The average molecular weight is 531 g/mol. The lowest BCUT2D eigenvalue weighted by Gasteiger charge is -2.14. The molecule has 0 unspecified atom stereocenters. The number of rotatable bonds is 7. The summed E-state index contributed by atoms with van der Waals surface area (Å²) in [6.45, 7) is 1.96. The average Bonchev–Trinajstić information content (AvgIpc) is 3.44. The van der Waals surface area contributed by atoms with Gasteiger partial charge in [-0.1, -0.05) is 54.0 Å². The molecule has 0 saturated heterocycles. The fourth-order valence-corrected chi connectivity index (χ4v) is 6.31. The molecule has 2 aromatic carbocycles. The fourth-order valence-electron chi connectivity index (χ4n) is 3.77. The van der Waals surface area contributed by atoms with Crippen molar-refractivity contribution in [1.82, 2.24) is 4.98 Å². The van der Waals surface area contributed by atoms with Crippen LogP contribution in [0.2, 0.25) is 0 Å². The number of aromatic nitrogens is 1. The summed E-state index contributed by atoms with van der Waals surface area (Å²) < 4.78 is 0.892. The van der Waals surface area contributed by atoms with Crippen molar-refractivity contribution in [2.24, 2.45) is 5.92 Å². The maximum absolute atomic E-state index is 13.0. The molecule has 2 N–H and O–H groups in total. The molecule has 0 bridgehead atoms. The van der Waals surface area contributed by atoms with Crippen LogP contribution in [0.25, 0.3) is 0 Å². The Morgan fingerprint density at radius 2 is 1.88 bits per heavy atom. The molecule has 8 heteroatoms. The molecule has 1 saturated carbocycles. The van der Waals surface area contributed by atoms with E-state index < -0.39 is 6.03 Å². The third-order valence-corrected chi connectivity index (χ3v) is 8.17. The number of carbonyl (C=O) groups excluding carboxylic acids is 2. The van der Waals surface area contributed by atoms with Crippen LogP contribution in [-0.4, -0.2) is 16.8 Å². The number of nitrogens with one attached hydrogen (secondary N) is 2. The number of hydrogen-bond acceptors (Lipinski definition) is 5. The van der Waals surface area contributed by atoms with Crippen LogP contribution in [0.3, 0.4) is 0 Å². The number of ketones is 1. The van der Waals surface area contributed by atoms with Crippen LogP contribution in [0.4, 0.5) is 15.6 Å². The molecule has 0 aliphatic heterocycles. The Bertz CT molecular complexity index is 1110. The highest BCUT2D eigenvalue weighted by molar-refractivity contribution is 9.11. The van der Waals surface area contributed by atoms with Gasteiger partial charge in [0.05, 0.1) is 15.2 Å². The molecule has 0 atom stereocenters. The van der Waals surface area contributed by atoms with Gasteiger partial charge in [-0.25, -0.2) is 9.78 Å². The van der Waals surface area contributed by atoms with Crippen molar-refractivity contribution >= 4 is 61.7 Å². The number of halogens is 1. The minimum absolute atomic E-state index is 0.0556. The number of anilines is 2. The third-order valence-electron chi connectivity index (χ3n) is 5.40. The van der Waals surface area contributed by atoms with Crippen molar-refractivity contribution in [2.45, 2.75) is 43.3 Å². The quantitative estimate of drug-likeness (QED) is 0.245. The second-order valence-electron chi connectivity index (χ2n) is 7.81. The summed E-state index contributed by atoms with van der Waals surface area (Å²) in [6, 6.07) is 15.3. The molecule has 1 aromatic heterocycles. The first kappa shape index (κ1) is 23.0. The minimum atomic E-state index is -0.405. The minimum Gasteiger partial charge on any atom is -0.307 e. The highest BCUT2D eigenvalue weighted by Crippen LogP contribution is 2.34. The fraction of sp³-hybridized carbons (Fsp3) is 0.292. The number of thiazole rings is 1. The Morgan fingerprint density at radius 3 is 2.62 bits per heavy atom. The lowest BCUT2D eigenvalue weighted by molar-refractivity contribution is 0.0923. The highest BCUT2D eigenvalue weighted by atomic mass is 79.9. The number of carbonyl (C=O) groups is 2. The van der Waals surface area contributed by atoms with Gasteiger partial charge in [-0.15, -0.1) is 11.8 Å². The van der Waals surface area contributed by atoms with Crippen LogP contribution in [0.15, 0.2) is 57.2 Å². The van der Waals surface area contributed by atoms with E-state index in [0.717, 1.165) is 40.7 Å². The van der Waals surface area contributed by atoms with Gasteiger partial charge in [0, 0.05) is 22.1 Å². The van der Waals surface area contributed by atoms with E-state index in [2.05, 4.69) is 43.7 Å². The molecular weight excluding hydrogens is 506 g/mol. The highest BCUT2D eigenvalue weighted by Gasteiger charge is 2.26. The van der Waals surface area contributed by atoms with E-state index in [1.54, 1.807) is 17.8 Å². The standard InChI is InChI=1S/C24H24BrN3O2S2/c1-15-11-12-19(18(13-15)21(29)16-7-5-6-8-16)26-23(30)28-24-27-20(22(25)32-24)14-31-17-9-3-2-4-10-17/h2-4,9-13,16H,5-8,14H2,1H3,(H2,26,27,28,30). The molecule has 5 nitrogen and oxygen atoms in total. The summed E-state index contributed by atoms with van der Waals surface area (Å²) in [5.74, 6) is 0.876. The molecule has 4 rings (SSSR count). The molecule has 1 aliphatic carbocycles. The normalized spacial score (nSPS) is 13.8. The molecule has 1 aliphatic rings. The van der Waals surface area contributed by atoms with Gasteiger partial charge in [-0.3, -0.25) is 10.1 Å². The van der Waals surface area contributed by atoms with Gasteiger partial charge in [-0.05, 0) is 60.0 Å². The van der Waals surface area contributed by atoms with E-state index in [4.69, 9.17) is 0 Å². The van der Waals surface area contributed by atoms with Gasteiger partial charge >= 0.3 is 6.03 Å². The van der Waals surface area contributed by atoms with Crippen LogP contribution >= 0.6 is 39.0 Å². The van der Waals surface area contributed by atoms with E-state index in [1.807, 2.05) is 37.3 Å². The first-order valence-corrected chi connectivity index (χ1v) is 13.1. The molecule has 0 radical (unpaired) electrons. The molecule has 3 aromatic rings. The molecule has 1 heterocycles. The van der Waals surface area contributed by atoms with Crippen LogP contribution in [0.1, 0.15) is 47.3 Å². The predicted molar refractivity (Wildman–Crippen MR) is 136 cm³/mol. The number of nitrogens with zero attached hydrogens (tertiary/aromatic N) is 1. The lowest BCUT2D eigenvalue weighted by Crippen LogP contribution is -2.22. The van der Waals surface area contributed by atoms with Crippen LogP contribution in [-0.2, 0) is 5.75 Å². The van der Waals surface area contributed by atoms with Crippen molar-refractivity contribution in [1.29, 1.82) is 0 Å². The summed E-state index contributed by atoms with van der Waals surface area (Å²) in [4.78, 5) is 31.4. The number of thioether (sulfide) groups is 1. The molecule has 32 heavy (non-hydrogen) atoms. The number of urea groups is 1. The molecule has 1 fully saturated rings. The smallest absolute Gasteiger partial charge is 0.307 e. The maximum Gasteiger partial charge on any atom is 0.325 e. The molecular formula is C24H24BrN3O2S2. The van der Waals surface area contributed by atoms with Crippen molar-refractivity contribution < 1.29 is 9.59 Å². The van der Waals surface area contributed by atoms with Crippen molar-refractivity contribution in [3.8, 4) is 0 Å². The van der Waals surface area contributed by atoms with Crippen molar-refractivity contribution in [3.05, 3.63) is 69.1 Å². The number of hydrogen-bond donors (Lipinski definition) is 2. The van der Waals surface area contributed by atoms with Crippen LogP contribution < -0.4 is 10.6 Å². The van der Waals surface area contributed by atoms with Crippen molar-refractivity contribution in [3.63, 3.8) is 0 Å². The summed E-state index contributed by atoms with van der Waals surface area (Å²) in [6.07, 6.45) is 4.04. The Hall–Kier alpha value is -2.16. The van der Waals surface area contributed by atoms with Gasteiger partial charge in [-0.2, -0.15) is 0 Å². The van der Waals surface area contributed by atoms with Gasteiger partial charge < -0.3 is 5.32 Å². The van der Waals surface area contributed by atoms with E-state index in [1.165, 1.54) is 16.2 Å². The Balaban J connectivity index is 1.41. The number of Topliss-reactive ketones (excluding diaryl/α,β-unsaturated/α-hetero) is 1. The molecule has 166 valence electrons. The predicted octanol–water partition coefficient (Wildman–Crippen LogP) is 7.52. The van der Waals surface area contributed by atoms with Crippen molar-refractivity contribution in [2.75, 3.05) is 10.6 Å². The van der Waals surface area contributed by atoms with E-state index >= 15 is 0 Å². The number of aryl methyl sites for hydroxylation is 1. The monoisotopic (exact) mass is 529 g/mol. The van der Waals surface area contributed by atoms with Gasteiger partial charge in [0.2, 0.25) is 0 Å². The first-order chi connectivity index (χ1) is 15.5. The maximum atomic E-state index is 13.0. The number of benzene rings is 2. The second-order valence-corrected chi connectivity index (χ2v) is 11.2. The zero-order valence-electron chi connectivity index (χ0n) is 17.7. The Kier molecular flexibility index (Phi) is 7.65. The van der Waals surface area contributed by atoms with Gasteiger partial charge in [0.15, 0.2) is 10.9 Å². The summed E-state index contributed by atoms with van der Waals surface area (Å²) in [7, 11) is 0. The zero-order valence-corrected chi connectivity index (χ0v) is 20.9. The van der Waals surface area contributed by atoms with E-state index in [0.29, 0.717) is 22.1 Å². The third kappa shape index (κ3) is 5.79. The van der Waals surface area contributed by atoms with Crippen LogP contribution in [0, 0.1) is 12.8 Å². The number of amides is 2. The Morgan fingerprint density at radius 1 is 1.12 bits per heavy atom. The topological polar surface area (TPSA) is 71.1 Å². The zero-order chi connectivity index (χ0) is 22.5. The second kappa shape index (κ2) is 10.6. The first-order valence-electron chi connectivity index (χ1n) is 10.6. The molecule has 2 amide bonds. The van der Waals surface area contributed by atoms with Gasteiger partial charge in [0.1, 0.15) is 0 Å². The van der Waals surface area contributed by atoms with E-state index in [-0.39, 0.29) is 11.7 Å². The largest absolute Gasteiger partial charge is 0.325 e. The summed E-state index contributed by atoms with van der Waals surface area (Å²) in [5, 5.41) is 6.17. The summed E-state index contributed by atoms with van der Waals surface area (Å²) in [5.41, 5.74) is 3.01. The SMILES string of the molecule is Cc1ccc(NC(=O)Nc2nc(CSc3ccccc3)c(Br)s2)c(C(=O)C2CCCC2)c1. The lowest BCUT2D eigenvalue weighted by atomic mass is 9.94. The summed E-state index contributed by atoms with van der Waals surface area (Å²) >= 11 is 6.61. The van der Waals surface area contributed by atoms with E-state index in [9.17, 15) is 9.59 Å². The van der Waals surface area contributed by atoms with Gasteiger partial charge in [0.25, 0.3) is 0 Å². The van der Waals surface area contributed by atoms with Crippen LogP contribution in [0.5, 0.6) is 0 Å². The molecule has 0 spiro atoms. The Labute approximate surface area is 204 Å².